The maximum absolute atomic E-state index is 12.7. The van der Waals surface area contributed by atoms with Crippen molar-refractivity contribution >= 4 is 23.2 Å². The summed E-state index contributed by atoms with van der Waals surface area (Å²) in [6.45, 7) is 6.09. The number of nitrogens with two attached hydrogens (primary N) is 2. The highest BCUT2D eigenvalue weighted by Crippen LogP contribution is 2.36. The summed E-state index contributed by atoms with van der Waals surface area (Å²) in [6, 6.07) is 18.9. The summed E-state index contributed by atoms with van der Waals surface area (Å²) in [4.78, 5) is 25.0. The molecule has 0 aliphatic heterocycles. The van der Waals surface area contributed by atoms with Gasteiger partial charge in [0.15, 0.2) is 0 Å². The molecular weight excluding hydrogens is 424 g/mol. The van der Waals surface area contributed by atoms with Crippen LogP contribution in [0.1, 0.15) is 60.2 Å². The number of anilines is 2. The average molecular weight is 459 g/mol. The molecule has 3 aromatic rings. The van der Waals surface area contributed by atoms with Crippen LogP contribution in [0, 0.1) is 0 Å². The van der Waals surface area contributed by atoms with Gasteiger partial charge in [-0.25, -0.2) is 0 Å². The van der Waals surface area contributed by atoms with Crippen molar-refractivity contribution in [2.75, 3.05) is 23.7 Å². The van der Waals surface area contributed by atoms with Crippen LogP contribution in [0.3, 0.4) is 0 Å². The van der Waals surface area contributed by atoms with E-state index in [1.165, 1.54) is 0 Å². The Morgan fingerprint density at radius 1 is 0.676 bits per heavy atom. The molecule has 0 fully saturated rings. The largest absolute Gasteiger partial charge is 0.385 e. The lowest BCUT2D eigenvalue weighted by atomic mass is 9.87. The van der Waals surface area contributed by atoms with Crippen LogP contribution in [0.2, 0.25) is 0 Å². The lowest BCUT2D eigenvalue weighted by Crippen LogP contribution is -2.19. The van der Waals surface area contributed by atoms with E-state index in [0.717, 1.165) is 55.7 Å². The van der Waals surface area contributed by atoms with Gasteiger partial charge in [-0.15, -0.1) is 0 Å². The Morgan fingerprint density at radius 2 is 1.18 bits per heavy atom. The van der Waals surface area contributed by atoms with Gasteiger partial charge in [0.25, 0.3) is 0 Å². The Balaban J connectivity index is 2.04. The zero-order valence-electron chi connectivity index (χ0n) is 20.0. The first-order valence-corrected chi connectivity index (χ1v) is 11.9. The second-order valence-corrected chi connectivity index (χ2v) is 8.35. The molecule has 34 heavy (non-hydrogen) atoms. The highest BCUT2D eigenvalue weighted by Gasteiger charge is 2.22. The molecule has 3 rings (SSSR count). The molecule has 6 heteroatoms. The lowest BCUT2D eigenvalue weighted by Gasteiger charge is -2.17. The van der Waals surface area contributed by atoms with Gasteiger partial charge in [-0.05, 0) is 59.9 Å². The number of hydrogen-bond donors (Lipinski definition) is 4. The van der Waals surface area contributed by atoms with Gasteiger partial charge in [-0.1, -0.05) is 57.0 Å². The molecule has 6 N–H and O–H groups in total. The maximum atomic E-state index is 12.7. The van der Waals surface area contributed by atoms with E-state index < -0.39 is 11.8 Å². The molecule has 0 radical (unpaired) electrons. The Morgan fingerprint density at radius 3 is 1.62 bits per heavy atom. The van der Waals surface area contributed by atoms with Crippen LogP contribution >= 0.6 is 0 Å². The molecule has 0 saturated carbocycles. The summed E-state index contributed by atoms with van der Waals surface area (Å²) in [6.07, 6.45) is 4.40. The van der Waals surface area contributed by atoms with E-state index >= 15 is 0 Å². The summed E-state index contributed by atoms with van der Waals surface area (Å²) in [5, 5.41) is 6.76. The third-order valence-electron chi connectivity index (χ3n) is 5.81. The minimum atomic E-state index is -0.608. The third kappa shape index (κ3) is 5.95. The van der Waals surface area contributed by atoms with E-state index in [-0.39, 0.29) is 11.1 Å². The Hall–Kier alpha value is -3.80. The first kappa shape index (κ1) is 24.8. The number of unbranched alkanes of at least 4 members (excludes halogenated alkanes) is 2. The fourth-order valence-electron chi connectivity index (χ4n) is 3.95. The Labute approximate surface area is 201 Å². The summed E-state index contributed by atoms with van der Waals surface area (Å²) in [5.41, 5.74) is 16.8. The highest BCUT2D eigenvalue weighted by molar-refractivity contribution is 6.12. The van der Waals surface area contributed by atoms with E-state index in [4.69, 9.17) is 11.5 Å². The van der Waals surface area contributed by atoms with Crippen molar-refractivity contribution in [3.05, 3.63) is 71.8 Å². The van der Waals surface area contributed by atoms with Gasteiger partial charge < -0.3 is 22.1 Å². The predicted molar refractivity (Wildman–Crippen MR) is 141 cm³/mol. The van der Waals surface area contributed by atoms with Crippen LogP contribution in [0.25, 0.3) is 22.3 Å². The van der Waals surface area contributed by atoms with E-state index in [0.29, 0.717) is 16.7 Å². The van der Waals surface area contributed by atoms with Gasteiger partial charge in [0, 0.05) is 35.6 Å². The second kappa shape index (κ2) is 11.9. The second-order valence-electron chi connectivity index (χ2n) is 8.35. The van der Waals surface area contributed by atoms with Crippen LogP contribution < -0.4 is 22.1 Å². The van der Waals surface area contributed by atoms with Crippen molar-refractivity contribution in [3.63, 3.8) is 0 Å². The van der Waals surface area contributed by atoms with Crippen molar-refractivity contribution < 1.29 is 9.59 Å². The number of benzene rings is 3. The van der Waals surface area contributed by atoms with Crippen molar-refractivity contribution in [2.45, 2.75) is 39.5 Å². The number of amides is 2. The van der Waals surface area contributed by atoms with Gasteiger partial charge in [-0.3, -0.25) is 9.59 Å². The highest BCUT2D eigenvalue weighted by atomic mass is 16.1. The summed E-state index contributed by atoms with van der Waals surface area (Å²) in [7, 11) is 0. The van der Waals surface area contributed by atoms with E-state index in [1.54, 1.807) is 12.1 Å². The van der Waals surface area contributed by atoms with Crippen molar-refractivity contribution in [1.29, 1.82) is 0 Å². The summed E-state index contributed by atoms with van der Waals surface area (Å²) in [5.74, 6) is -1.21. The van der Waals surface area contributed by atoms with E-state index in [9.17, 15) is 9.59 Å². The minimum Gasteiger partial charge on any atom is -0.385 e. The fraction of sp³-hybridized carbons (Fsp3) is 0.286. The molecule has 0 aromatic heterocycles. The number of carbonyl (C=O) groups excluding carboxylic acids is 2. The maximum Gasteiger partial charge on any atom is 0.249 e. The fourth-order valence-corrected chi connectivity index (χ4v) is 3.95. The van der Waals surface area contributed by atoms with Crippen molar-refractivity contribution in [1.82, 2.24) is 0 Å². The number of hydrogen-bond acceptors (Lipinski definition) is 4. The molecule has 0 heterocycles. The molecule has 0 saturated heterocycles. The molecule has 3 aromatic carbocycles. The lowest BCUT2D eigenvalue weighted by molar-refractivity contribution is 0.0999. The normalized spacial score (nSPS) is 10.6. The minimum absolute atomic E-state index is 0.266. The Bertz CT molecular complexity index is 1120. The SMILES string of the molecule is CCCCNc1ccc(-c2ccc(C(N)=O)c(-c3ccc(NCCCC)cc3)c2C(N)=O)cc1. The molecule has 0 spiro atoms. The third-order valence-corrected chi connectivity index (χ3v) is 5.81. The Kier molecular flexibility index (Phi) is 8.68. The zero-order chi connectivity index (χ0) is 24.5. The molecule has 0 unspecified atom stereocenters. The van der Waals surface area contributed by atoms with Crippen LogP contribution in [-0.2, 0) is 0 Å². The zero-order valence-corrected chi connectivity index (χ0v) is 20.0. The number of carbonyl (C=O) groups is 2. The number of nitrogens with one attached hydrogen (secondary N) is 2. The van der Waals surface area contributed by atoms with Gasteiger partial charge in [0.05, 0.1) is 5.56 Å². The van der Waals surface area contributed by atoms with Crippen LogP contribution in [0.15, 0.2) is 60.7 Å². The molecule has 178 valence electrons. The van der Waals surface area contributed by atoms with Crippen LogP contribution in [-0.4, -0.2) is 24.9 Å². The quantitative estimate of drug-likeness (QED) is 0.263. The summed E-state index contributed by atoms with van der Waals surface area (Å²) < 4.78 is 0. The van der Waals surface area contributed by atoms with Gasteiger partial charge >= 0.3 is 0 Å². The van der Waals surface area contributed by atoms with E-state index in [2.05, 4.69) is 24.5 Å². The molecule has 0 aliphatic rings. The smallest absolute Gasteiger partial charge is 0.249 e. The molecule has 6 nitrogen and oxygen atoms in total. The van der Waals surface area contributed by atoms with Crippen molar-refractivity contribution in [2.24, 2.45) is 11.5 Å². The number of rotatable bonds is 12. The topological polar surface area (TPSA) is 110 Å². The monoisotopic (exact) mass is 458 g/mol. The average Bonchev–Trinajstić information content (AvgIpc) is 2.84. The van der Waals surface area contributed by atoms with Gasteiger partial charge in [0.1, 0.15) is 0 Å². The molecule has 2 amide bonds. The predicted octanol–water partition coefficient (Wildman–Crippen LogP) is 5.64. The van der Waals surface area contributed by atoms with Gasteiger partial charge in [-0.2, -0.15) is 0 Å². The first-order valence-electron chi connectivity index (χ1n) is 11.9. The van der Waals surface area contributed by atoms with Crippen LogP contribution in [0.4, 0.5) is 11.4 Å². The van der Waals surface area contributed by atoms with Gasteiger partial charge in [0.2, 0.25) is 11.8 Å². The van der Waals surface area contributed by atoms with E-state index in [1.807, 2.05) is 48.5 Å². The van der Waals surface area contributed by atoms with Crippen molar-refractivity contribution in [3.8, 4) is 22.3 Å². The number of primary amides is 2. The standard InChI is InChI=1S/C28H34N4O2/c1-3-5-17-31-21-11-7-19(8-12-21)23-15-16-24(27(29)33)25(26(23)28(30)34)20-9-13-22(14-10-20)32-18-6-4-2/h7-16,31-32H,3-6,17-18H2,1-2H3,(H2,29,33)(H2,30,34). The molecular formula is C28H34N4O2. The molecule has 0 aliphatic carbocycles. The van der Waals surface area contributed by atoms with Crippen LogP contribution in [0.5, 0.6) is 0 Å². The first-order chi connectivity index (χ1) is 16.5. The summed E-state index contributed by atoms with van der Waals surface area (Å²) >= 11 is 0. The molecule has 0 bridgehead atoms. The molecule has 0 atom stereocenters.